The van der Waals surface area contributed by atoms with E-state index in [9.17, 15) is 14.7 Å². The predicted octanol–water partition coefficient (Wildman–Crippen LogP) is 3.41. The van der Waals surface area contributed by atoms with E-state index >= 15 is 0 Å². The van der Waals surface area contributed by atoms with Crippen molar-refractivity contribution in [3.63, 3.8) is 0 Å². The van der Waals surface area contributed by atoms with Gasteiger partial charge in [-0.15, -0.1) is 0 Å². The fraction of sp³-hybridized carbons (Fsp3) is 0.130. The van der Waals surface area contributed by atoms with Gasteiger partial charge in [-0.3, -0.25) is 19.6 Å². The molecule has 1 saturated heterocycles. The molecule has 144 valence electrons. The third-order valence-electron chi connectivity index (χ3n) is 4.96. The number of aromatic nitrogens is 2. The van der Waals surface area contributed by atoms with Crippen molar-refractivity contribution < 1.29 is 14.7 Å². The number of ketones is 1. The molecule has 1 N–H and O–H groups in total. The molecule has 6 nitrogen and oxygen atoms in total. The van der Waals surface area contributed by atoms with Crippen molar-refractivity contribution in [2.75, 3.05) is 0 Å². The molecule has 1 aromatic carbocycles. The fourth-order valence-electron chi connectivity index (χ4n) is 3.49. The Labute approximate surface area is 168 Å². The van der Waals surface area contributed by atoms with Crippen LogP contribution < -0.4 is 0 Å². The zero-order valence-electron chi connectivity index (χ0n) is 15.8. The van der Waals surface area contributed by atoms with E-state index in [1.165, 1.54) is 4.90 Å². The number of benzene rings is 1. The van der Waals surface area contributed by atoms with Gasteiger partial charge in [-0.25, -0.2) is 0 Å². The average Bonchev–Trinajstić information content (AvgIpc) is 3.00. The summed E-state index contributed by atoms with van der Waals surface area (Å²) in [6.45, 7) is 2.14. The summed E-state index contributed by atoms with van der Waals surface area (Å²) in [5.74, 6) is -1.53. The second-order valence-electron chi connectivity index (χ2n) is 6.93. The minimum Gasteiger partial charge on any atom is -0.507 e. The van der Waals surface area contributed by atoms with Crippen LogP contribution in [-0.2, 0) is 16.1 Å². The van der Waals surface area contributed by atoms with Crippen LogP contribution in [0, 0.1) is 6.92 Å². The fourth-order valence-corrected chi connectivity index (χ4v) is 3.49. The number of aryl methyl sites for hydroxylation is 1. The number of rotatable bonds is 4. The predicted molar refractivity (Wildman–Crippen MR) is 107 cm³/mol. The zero-order chi connectivity index (χ0) is 20.4. The first-order valence-corrected chi connectivity index (χ1v) is 9.20. The number of amides is 1. The van der Waals surface area contributed by atoms with E-state index in [4.69, 9.17) is 0 Å². The molecule has 1 aliphatic heterocycles. The van der Waals surface area contributed by atoms with Crippen LogP contribution in [-0.4, -0.2) is 31.7 Å². The Morgan fingerprint density at radius 2 is 1.72 bits per heavy atom. The van der Waals surface area contributed by atoms with Crippen LogP contribution in [0.15, 0.2) is 78.9 Å². The first-order valence-electron chi connectivity index (χ1n) is 9.20. The Kier molecular flexibility index (Phi) is 4.91. The number of aliphatic hydroxyl groups is 1. The number of likely N-dealkylation sites (tertiary alicyclic amines) is 1. The molecule has 1 amide bonds. The molecule has 1 unspecified atom stereocenters. The van der Waals surface area contributed by atoms with Crippen molar-refractivity contribution in [2.45, 2.75) is 19.5 Å². The van der Waals surface area contributed by atoms with Crippen molar-refractivity contribution in [1.82, 2.24) is 14.9 Å². The third kappa shape index (κ3) is 3.52. The lowest BCUT2D eigenvalue weighted by atomic mass is 9.95. The quantitative estimate of drug-likeness (QED) is 0.423. The minimum absolute atomic E-state index is 0.0777. The van der Waals surface area contributed by atoms with Crippen LogP contribution in [0.25, 0.3) is 5.76 Å². The Balaban J connectivity index is 1.85. The molecule has 0 aliphatic carbocycles. The number of carbonyl (C=O) groups is 2. The first kappa shape index (κ1) is 18.6. The summed E-state index contributed by atoms with van der Waals surface area (Å²) in [5.41, 5.74) is 3.10. The molecule has 4 rings (SSSR count). The van der Waals surface area contributed by atoms with Gasteiger partial charge in [-0.2, -0.15) is 0 Å². The Bertz CT molecular complexity index is 1080. The van der Waals surface area contributed by atoms with Crippen molar-refractivity contribution in [3.05, 3.63) is 101 Å². The molecular weight excluding hydrogens is 366 g/mol. The van der Waals surface area contributed by atoms with Gasteiger partial charge < -0.3 is 10.0 Å². The van der Waals surface area contributed by atoms with E-state index in [0.717, 1.165) is 11.1 Å². The van der Waals surface area contributed by atoms with Crippen molar-refractivity contribution in [2.24, 2.45) is 0 Å². The smallest absolute Gasteiger partial charge is 0.295 e. The number of hydrogen-bond acceptors (Lipinski definition) is 5. The maximum Gasteiger partial charge on any atom is 0.295 e. The van der Waals surface area contributed by atoms with E-state index in [2.05, 4.69) is 9.97 Å². The Morgan fingerprint density at radius 1 is 1.00 bits per heavy atom. The topological polar surface area (TPSA) is 83.4 Å². The Morgan fingerprint density at radius 3 is 2.38 bits per heavy atom. The number of aliphatic hydroxyl groups excluding tert-OH is 1. The molecule has 0 bridgehead atoms. The lowest BCUT2D eigenvalue weighted by Gasteiger charge is -2.25. The van der Waals surface area contributed by atoms with E-state index < -0.39 is 17.7 Å². The van der Waals surface area contributed by atoms with E-state index in [1.54, 1.807) is 55.1 Å². The number of nitrogens with zero attached hydrogens (tertiary/aromatic N) is 3. The number of hydrogen-bond donors (Lipinski definition) is 1. The van der Waals surface area contributed by atoms with Crippen LogP contribution in [0.1, 0.15) is 28.3 Å². The second kappa shape index (κ2) is 7.67. The molecule has 3 aromatic rings. The van der Waals surface area contributed by atoms with Crippen molar-refractivity contribution in [3.8, 4) is 0 Å². The molecule has 1 aliphatic rings. The molecule has 1 fully saturated rings. The zero-order valence-corrected chi connectivity index (χ0v) is 15.8. The summed E-state index contributed by atoms with van der Waals surface area (Å²) in [4.78, 5) is 35.4. The highest BCUT2D eigenvalue weighted by atomic mass is 16.3. The summed E-state index contributed by atoms with van der Waals surface area (Å²) >= 11 is 0. The minimum atomic E-state index is -0.709. The van der Waals surface area contributed by atoms with E-state index in [1.807, 2.05) is 25.1 Å². The summed E-state index contributed by atoms with van der Waals surface area (Å²) in [5, 5.41) is 11.0. The van der Waals surface area contributed by atoms with Crippen LogP contribution in [0.3, 0.4) is 0 Å². The van der Waals surface area contributed by atoms with Gasteiger partial charge in [-0.05, 0) is 36.2 Å². The van der Waals surface area contributed by atoms with Gasteiger partial charge in [0.1, 0.15) is 5.76 Å². The standard InChI is InChI=1S/C23H19N3O3/c1-15-4-6-18(7-5-15)21(27)19-20(17-8-11-24-12-9-17)26(23(29)22(19)28)14-16-3-2-10-25-13-16/h2-13,20,27H,14H2,1H3/b21-19+. The van der Waals surface area contributed by atoms with Crippen molar-refractivity contribution in [1.29, 1.82) is 0 Å². The normalized spacial score (nSPS) is 18.2. The highest BCUT2D eigenvalue weighted by Crippen LogP contribution is 2.40. The largest absolute Gasteiger partial charge is 0.507 e. The van der Waals surface area contributed by atoms with Gasteiger partial charge >= 0.3 is 0 Å². The Hall–Kier alpha value is -3.80. The van der Waals surface area contributed by atoms with Crippen LogP contribution in [0.4, 0.5) is 0 Å². The summed E-state index contributed by atoms with van der Waals surface area (Å²) < 4.78 is 0. The average molecular weight is 385 g/mol. The molecule has 0 saturated carbocycles. The molecule has 0 radical (unpaired) electrons. The molecular formula is C23H19N3O3. The molecule has 2 aromatic heterocycles. The molecule has 0 spiro atoms. The second-order valence-corrected chi connectivity index (χ2v) is 6.93. The van der Waals surface area contributed by atoms with Gasteiger partial charge in [0.05, 0.1) is 11.6 Å². The number of carbonyl (C=O) groups excluding carboxylic acids is 2. The van der Waals surface area contributed by atoms with Crippen LogP contribution >= 0.6 is 0 Å². The maximum atomic E-state index is 12.9. The van der Waals surface area contributed by atoms with Crippen LogP contribution in [0.5, 0.6) is 0 Å². The van der Waals surface area contributed by atoms with Gasteiger partial charge in [0.2, 0.25) is 0 Å². The monoisotopic (exact) mass is 385 g/mol. The van der Waals surface area contributed by atoms with Gasteiger partial charge in [0.15, 0.2) is 0 Å². The summed E-state index contributed by atoms with van der Waals surface area (Å²) in [6.07, 6.45) is 6.51. The highest BCUT2D eigenvalue weighted by Gasteiger charge is 2.46. The number of pyridine rings is 2. The maximum absolute atomic E-state index is 12.9. The molecule has 29 heavy (non-hydrogen) atoms. The van der Waals surface area contributed by atoms with Gasteiger partial charge in [0.25, 0.3) is 11.7 Å². The first-order chi connectivity index (χ1) is 14.1. The van der Waals surface area contributed by atoms with Crippen LogP contribution in [0.2, 0.25) is 0 Å². The molecule has 6 heteroatoms. The van der Waals surface area contributed by atoms with Gasteiger partial charge in [0, 0.05) is 36.9 Å². The molecule has 1 atom stereocenters. The van der Waals surface area contributed by atoms with E-state index in [0.29, 0.717) is 11.1 Å². The molecule has 3 heterocycles. The summed E-state index contributed by atoms with van der Waals surface area (Å²) in [6, 6.07) is 13.6. The SMILES string of the molecule is Cc1ccc(/C(O)=C2\C(=O)C(=O)N(Cc3cccnc3)C2c2ccncc2)cc1. The number of Topliss-reactive ketones (excluding diaryl/α,β-unsaturated/α-hetero) is 1. The van der Waals surface area contributed by atoms with Gasteiger partial charge in [-0.1, -0.05) is 35.9 Å². The van der Waals surface area contributed by atoms with Crippen molar-refractivity contribution >= 4 is 17.4 Å². The summed E-state index contributed by atoms with van der Waals surface area (Å²) in [7, 11) is 0. The lowest BCUT2D eigenvalue weighted by molar-refractivity contribution is -0.140. The third-order valence-corrected chi connectivity index (χ3v) is 4.96. The highest BCUT2D eigenvalue weighted by molar-refractivity contribution is 6.46. The van der Waals surface area contributed by atoms with E-state index in [-0.39, 0.29) is 17.9 Å². The lowest BCUT2D eigenvalue weighted by Crippen LogP contribution is -2.29.